The largest absolute Gasteiger partial charge is 0.298 e. The number of fused-ring (bicyclic) bond motifs is 2. The van der Waals surface area contributed by atoms with E-state index in [-0.39, 0.29) is 5.41 Å². The van der Waals surface area contributed by atoms with Crippen molar-refractivity contribution < 1.29 is 4.79 Å². The van der Waals surface area contributed by atoms with E-state index < -0.39 is 0 Å². The molecule has 3 aliphatic rings. The number of hydrogen-bond acceptors (Lipinski definition) is 1. The van der Waals surface area contributed by atoms with Gasteiger partial charge in [0, 0.05) is 6.42 Å². The van der Waals surface area contributed by atoms with Crippen LogP contribution < -0.4 is 0 Å². The summed E-state index contributed by atoms with van der Waals surface area (Å²) in [7, 11) is 0. The summed E-state index contributed by atoms with van der Waals surface area (Å²) in [6, 6.07) is 0. The topological polar surface area (TPSA) is 17.1 Å². The van der Waals surface area contributed by atoms with Gasteiger partial charge in [-0.1, -0.05) is 18.2 Å². The lowest BCUT2D eigenvalue weighted by molar-refractivity contribution is -0.128. The Hall–Kier alpha value is -0.850. The highest BCUT2D eigenvalue weighted by Crippen LogP contribution is 2.43. The molecule has 3 aliphatic carbocycles. The zero-order valence-corrected chi connectivity index (χ0v) is 6.55. The molecule has 11 heavy (non-hydrogen) atoms. The molecule has 0 radical (unpaired) electrons. The van der Waals surface area contributed by atoms with Gasteiger partial charge in [-0.05, 0) is 18.8 Å². The molecule has 0 saturated heterocycles. The standard InChI is InChI=1S/C10H12O/c1-2-10-5-3-8(4-6-10)7-9(10)11/h2-3,5,8H,1,4,6-7H2. The van der Waals surface area contributed by atoms with Crippen LogP contribution in [0.15, 0.2) is 24.8 Å². The Kier molecular flexibility index (Phi) is 1.28. The quantitative estimate of drug-likeness (QED) is 0.520. The number of hydrogen-bond donors (Lipinski definition) is 0. The SMILES string of the molecule is C=CC12C=CC(CC1)CC2=O. The van der Waals surface area contributed by atoms with Gasteiger partial charge in [0.2, 0.25) is 0 Å². The summed E-state index contributed by atoms with van der Waals surface area (Å²) in [6.07, 6.45) is 8.90. The van der Waals surface area contributed by atoms with E-state index in [9.17, 15) is 4.79 Å². The van der Waals surface area contributed by atoms with Crippen LogP contribution in [0.3, 0.4) is 0 Å². The van der Waals surface area contributed by atoms with Gasteiger partial charge in [-0.15, -0.1) is 6.58 Å². The van der Waals surface area contributed by atoms with Gasteiger partial charge in [0.15, 0.2) is 0 Å². The van der Waals surface area contributed by atoms with Crippen molar-refractivity contribution in [3.8, 4) is 0 Å². The molecule has 0 amide bonds. The van der Waals surface area contributed by atoms with Crippen LogP contribution >= 0.6 is 0 Å². The van der Waals surface area contributed by atoms with Gasteiger partial charge < -0.3 is 0 Å². The Morgan fingerprint density at radius 1 is 1.73 bits per heavy atom. The highest BCUT2D eigenvalue weighted by atomic mass is 16.1. The van der Waals surface area contributed by atoms with Crippen LogP contribution in [0.25, 0.3) is 0 Å². The van der Waals surface area contributed by atoms with Gasteiger partial charge in [0.05, 0.1) is 5.41 Å². The normalized spacial score (nSPS) is 41.1. The Bertz CT molecular complexity index is 239. The first-order valence-corrected chi connectivity index (χ1v) is 4.13. The Balaban J connectivity index is 2.43. The average Bonchev–Trinajstić information content (AvgIpc) is 2.07. The molecule has 1 saturated carbocycles. The fraction of sp³-hybridized carbons (Fsp3) is 0.500. The maximum absolute atomic E-state index is 11.5. The molecule has 0 aromatic rings. The predicted octanol–water partition coefficient (Wildman–Crippen LogP) is 2.10. The van der Waals surface area contributed by atoms with Crippen LogP contribution in [-0.4, -0.2) is 5.78 Å². The fourth-order valence-electron chi connectivity index (χ4n) is 2.03. The van der Waals surface area contributed by atoms with Gasteiger partial charge in [-0.2, -0.15) is 0 Å². The molecule has 1 fully saturated rings. The summed E-state index contributed by atoms with van der Waals surface area (Å²) in [5.74, 6) is 0.899. The smallest absolute Gasteiger partial charge is 0.147 e. The summed E-state index contributed by atoms with van der Waals surface area (Å²) < 4.78 is 0. The molecule has 1 heteroatoms. The second kappa shape index (κ2) is 2.07. The minimum absolute atomic E-state index is 0.269. The van der Waals surface area contributed by atoms with E-state index in [1.165, 1.54) is 0 Å². The highest BCUT2D eigenvalue weighted by Gasteiger charge is 2.41. The highest BCUT2D eigenvalue weighted by molar-refractivity contribution is 5.90. The van der Waals surface area contributed by atoms with Crippen LogP contribution in [-0.2, 0) is 4.79 Å². The number of Topliss-reactive ketones (excluding diaryl/α,β-unsaturated/α-hetero) is 1. The lowest BCUT2D eigenvalue weighted by atomic mass is 9.65. The van der Waals surface area contributed by atoms with Crippen LogP contribution in [0.1, 0.15) is 19.3 Å². The Morgan fingerprint density at radius 2 is 2.55 bits per heavy atom. The van der Waals surface area contributed by atoms with Gasteiger partial charge in [0.25, 0.3) is 0 Å². The molecule has 0 aliphatic heterocycles. The number of allylic oxidation sites excluding steroid dienone is 3. The lowest BCUT2D eigenvalue weighted by Crippen LogP contribution is -2.37. The first-order valence-electron chi connectivity index (χ1n) is 4.13. The van der Waals surface area contributed by atoms with Crippen LogP contribution in [0.4, 0.5) is 0 Å². The van der Waals surface area contributed by atoms with E-state index in [1.807, 2.05) is 6.08 Å². The predicted molar refractivity (Wildman–Crippen MR) is 44.1 cm³/mol. The van der Waals surface area contributed by atoms with Crippen molar-refractivity contribution in [2.45, 2.75) is 19.3 Å². The third kappa shape index (κ3) is 0.802. The first-order chi connectivity index (χ1) is 5.27. The molecule has 0 aromatic carbocycles. The molecule has 58 valence electrons. The molecule has 1 nitrogen and oxygen atoms in total. The molecule has 3 rings (SSSR count). The molecule has 0 heterocycles. The average molecular weight is 148 g/mol. The minimum atomic E-state index is -0.269. The molecule has 2 bridgehead atoms. The Labute approximate surface area is 66.8 Å². The maximum Gasteiger partial charge on any atom is 0.147 e. The van der Waals surface area contributed by atoms with Crippen LogP contribution in [0, 0.1) is 11.3 Å². The fourth-order valence-corrected chi connectivity index (χ4v) is 2.03. The van der Waals surface area contributed by atoms with E-state index >= 15 is 0 Å². The van der Waals surface area contributed by atoms with Crippen molar-refractivity contribution in [3.05, 3.63) is 24.8 Å². The summed E-state index contributed by atoms with van der Waals surface area (Å²) in [6.45, 7) is 3.73. The summed E-state index contributed by atoms with van der Waals surface area (Å²) >= 11 is 0. The van der Waals surface area contributed by atoms with Crippen molar-refractivity contribution in [2.75, 3.05) is 0 Å². The molecular formula is C10H12O. The Morgan fingerprint density at radius 3 is 2.91 bits per heavy atom. The number of carbonyl (C=O) groups is 1. The maximum atomic E-state index is 11.5. The minimum Gasteiger partial charge on any atom is -0.298 e. The van der Waals surface area contributed by atoms with E-state index in [0.717, 1.165) is 19.3 Å². The van der Waals surface area contributed by atoms with Gasteiger partial charge in [0.1, 0.15) is 5.78 Å². The van der Waals surface area contributed by atoms with Crippen LogP contribution in [0.2, 0.25) is 0 Å². The van der Waals surface area contributed by atoms with Crippen molar-refractivity contribution in [1.82, 2.24) is 0 Å². The van der Waals surface area contributed by atoms with Crippen molar-refractivity contribution in [1.29, 1.82) is 0 Å². The van der Waals surface area contributed by atoms with E-state index in [4.69, 9.17) is 0 Å². The molecule has 2 atom stereocenters. The van der Waals surface area contributed by atoms with E-state index in [0.29, 0.717) is 11.7 Å². The zero-order chi connectivity index (χ0) is 7.90. The molecule has 0 aromatic heterocycles. The molecule has 2 unspecified atom stereocenters. The molecular weight excluding hydrogens is 136 g/mol. The number of rotatable bonds is 1. The number of ketones is 1. The summed E-state index contributed by atoms with van der Waals surface area (Å²) in [5, 5.41) is 0. The summed E-state index contributed by atoms with van der Waals surface area (Å²) in [4.78, 5) is 11.5. The second-order valence-electron chi connectivity index (χ2n) is 3.53. The van der Waals surface area contributed by atoms with Gasteiger partial charge >= 0.3 is 0 Å². The second-order valence-corrected chi connectivity index (χ2v) is 3.53. The third-order valence-electron chi connectivity index (χ3n) is 2.93. The molecule has 0 spiro atoms. The molecule has 0 N–H and O–H groups in total. The third-order valence-corrected chi connectivity index (χ3v) is 2.93. The van der Waals surface area contributed by atoms with E-state index in [2.05, 4.69) is 12.7 Å². The monoisotopic (exact) mass is 148 g/mol. The van der Waals surface area contributed by atoms with E-state index in [1.54, 1.807) is 6.08 Å². The first kappa shape index (κ1) is 6.84. The van der Waals surface area contributed by atoms with Gasteiger partial charge in [-0.25, -0.2) is 0 Å². The van der Waals surface area contributed by atoms with Crippen molar-refractivity contribution in [3.63, 3.8) is 0 Å². The number of carbonyl (C=O) groups excluding carboxylic acids is 1. The van der Waals surface area contributed by atoms with Crippen molar-refractivity contribution >= 4 is 5.78 Å². The van der Waals surface area contributed by atoms with Gasteiger partial charge in [-0.3, -0.25) is 4.79 Å². The van der Waals surface area contributed by atoms with Crippen LogP contribution in [0.5, 0.6) is 0 Å². The van der Waals surface area contributed by atoms with Crippen molar-refractivity contribution in [2.24, 2.45) is 11.3 Å². The zero-order valence-electron chi connectivity index (χ0n) is 6.55. The lowest BCUT2D eigenvalue weighted by Gasteiger charge is -2.37. The summed E-state index contributed by atoms with van der Waals surface area (Å²) in [5.41, 5.74) is -0.269.